The Morgan fingerprint density at radius 3 is 2.73 bits per heavy atom. The number of halogens is 1. The molecule has 0 amide bonds. The number of methoxy groups -OCH3 is 1. The quantitative estimate of drug-likeness (QED) is 0.835. The first-order chi connectivity index (χ1) is 10.3. The molecule has 1 heterocycles. The minimum atomic E-state index is -3.85. The number of rotatable bonds is 6. The maximum absolute atomic E-state index is 12.4. The summed E-state index contributed by atoms with van der Waals surface area (Å²) in [5, 5.41) is 10.4. The van der Waals surface area contributed by atoms with E-state index in [2.05, 4.69) is 4.72 Å². The largest absolute Gasteiger partial charge is 0.495 e. The zero-order valence-electron chi connectivity index (χ0n) is 12.2. The molecule has 2 N–H and O–H groups in total. The van der Waals surface area contributed by atoms with Crippen molar-refractivity contribution in [2.75, 3.05) is 13.7 Å². The van der Waals surface area contributed by atoms with Crippen LogP contribution in [-0.2, 0) is 17.1 Å². The summed E-state index contributed by atoms with van der Waals surface area (Å²) in [5.41, 5.74) is 0.612. The summed E-state index contributed by atoms with van der Waals surface area (Å²) in [6, 6.07) is 7.81. The standard InChI is InChI=1S/C14H17ClN2O4S/c1-17-7-3-4-11(17)12(18)9-16-22(19,20)14-8-10(15)5-6-13(14)21-2/h3-8,12,16,18H,9H2,1-2H3/t12-/m1/s1. The summed E-state index contributed by atoms with van der Waals surface area (Å²) < 4.78 is 33.8. The molecule has 0 aliphatic rings. The van der Waals surface area contributed by atoms with Crippen LogP contribution in [0.15, 0.2) is 41.4 Å². The van der Waals surface area contributed by atoms with Crippen molar-refractivity contribution in [3.63, 3.8) is 0 Å². The molecule has 0 unspecified atom stereocenters. The molecule has 0 aliphatic heterocycles. The average molecular weight is 345 g/mol. The first kappa shape index (κ1) is 16.8. The molecule has 2 rings (SSSR count). The highest BCUT2D eigenvalue weighted by Gasteiger charge is 2.22. The molecule has 8 heteroatoms. The van der Waals surface area contributed by atoms with Gasteiger partial charge in [0.2, 0.25) is 10.0 Å². The highest BCUT2D eigenvalue weighted by atomic mass is 35.5. The molecule has 6 nitrogen and oxygen atoms in total. The van der Waals surface area contributed by atoms with Gasteiger partial charge in [-0.25, -0.2) is 13.1 Å². The number of hydrogen-bond acceptors (Lipinski definition) is 4. The Kier molecular flexibility index (Phi) is 5.12. The molecule has 0 saturated carbocycles. The second-order valence-electron chi connectivity index (χ2n) is 4.71. The first-order valence-electron chi connectivity index (χ1n) is 6.47. The number of aliphatic hydroxyl groups is 1. The molecule has 1 aromatic carbocycles. The van der Waals surface area contributed by atoms with Crippen molar-refractivity contribution >= 4 is 21.6 Å². The minimum absolute atomic E-state index is 0.0680. The second-order valence-corrected chi connectivity index (χ2v) is 6.88. The van der Waals surface area contributed by atoms with E-state index in [-0.39, 0.29) is 22.2 Å². The monoisotopic (exact) mass is 344 g/mol. The van der Waals surface area contributed by atoms with E-state index in [1.807, 2.05) is 0 Å². The fourth-order valence-corrected chi connectivity index (χ4v) is 3.52. The van der Waals surface area contributed by atoms with Gasteiger partial charge >= 0.3 is 0 Å². The van der Waals surface area contributed by atoms with Crippen molar-refractivity contribution in [3.8, 4) is 5.75 Å². The summed E-state index contributed by atoms with van der Waals surface area (Å²) in [6.45, 7) is -0.157. The Bertz CT molecular complexity index is 758. The van der Waals surface area contributed by atoms with Gasteiger partial charge in [0.05, 0.1) is 7.11 Å². The van der Waals surface area contributed by atoms with Crippen LogP contribution in [0.2, 0.25) is 5.02 Å². The van der Waals surface area contributed by atoms with Crippen LogP contribution in [0.5, 0.6) is 5.75 Å². The summed E-state index contributed by atoms with van der Waals surface area (Å²) in [4.78, 5) is -0.0680. The Balaban J connectivity index is 2.18. The van der Waals surface area contributed by atoms with Crippen LogP contribution < -0.4 is 9.46 Å². The number of aromatic nitrogens is 1. The molecule has 1 aromatic heterocycles. The average Bonchev–Trinajstić information content (AvgIpc) is 2.91. The van der Waals surface area contributed by atoms with Crippen LogP contribution in [-0.4, -0.2) is 31.7 Å². The highest BCUT2D eigenvalue weighted by molar-refractivity contribution is 7.89. The smallest absolute Gasteiger partial charge is 0.244 e. The van der Waals surface area contributed by atoms with Gasteiger partial charge in [0.25, 0.3) is 0 Å². The van der Waals surface area contributed by atoms with Crippen molar-refractivity contribution in [1.82, 2.24) is 9.29 Å². The molecule has 1 atom stereocenters. The molecule has 0 radical (unpaired) electrons. The number of aryl methyl sites for hydroxylation is 1. The normalized spacial score (nSPS) is 13.1. The molecule has 0 fully saturated rings. The fraction of sp³-hybridized carbons (Fsp3) is 0.286. The van der Waals surface area contributed by atoms with E-state index in [1.54, 1.807) is 29.9 Å². The van der Waals surface area contributed by atoms with Gasteiger partial charge in [-0.15, -0.1) is 0 Å². The zero-order chi connectivity index (χ0) is 16.3. The van der Waals surface area contributed by atoms with Crippen molar-refractivity contribution in [1.29, 1.82) is 0 Å². The number of nitrogens with zero attached hydrogens (tertiary/aromatic N) is 1. The zero-order valence-corrected chi connectivity index (χ0v) is 13.7. The molecule has 0 saturated heterocycles. The highest BCUT2D eigenvalue weighted by Crippen LogP contribution is 2.27. The van der Waals surface area contributed by atoms with E-state index in [1.165, 1.54) is 25.3 Å². The summed E-state index contributed by atoms with van der Waals surface area (Å²) in [5.74, 6) is 0.185. The van der Waals surface area contributed by atoms with Gasteiger partial charge < -0.3 is 14.4 Å². The van der Waals surface area contributed by atoms with Gasteiger partial charge in [-0.05, 0) is 30.3 Å². The number of aliphatic hydroxyl groups excluding tert-OH is 1. The molecule has 22 heavy (non-hydrogen) atoms. The third-order valence-corrected chi connectivity index (χ3v) is 4.89. The third kappa shape index (κ3) is 3.61. The third-order valence-electron chi connectivity index (χ3n) is 3.21. The van der Waals surface area contributed by atoms with Crippen LogP contribution in [0, 0.1) is 0 Å². The number of hydrogen-bond donors (Lipinski definition) is 2. The van der Waals surface area contributed by atoms with E-state index in [0.29, 0.717) is 5.69 Å². The van der Waals surface area contributed by atoms with Crippen LogP contribution >= 0.6 is 11.6 Å². The Hall–Kier alpha value is -1.54. The molecule has 0 spiro atoms. The number of benzene rings is 1. The van der Waals surface area contributed by atoms with E-state index in [9.17, 15) is 13.5 Å². The van der Waals surface area contributed by atoms with Crippen LogP contribution in [0.1, 0.15) is 11.8 Å². The summed E-state index contributed by atoms with van der Waals surface area (Å²) in [6.07, 6.45) is 0.813. The van der Waals surface area contributed by atoms with Crippen LogP contribution in [0.4, 0.5) is 0 Å². The molecular formula is C14H17ClN2O4S. The maximum atomic E-state index is 12.4. The Morgan fingerprint density at radius 1 is 1.41 bits per heavy atom. The van der Waals surface area contributed by atoms with Crippen LogP contribution in [0.3, 0.4) is 0 Å². The van der Waals surface area contributed by atoms with Gasteiger partial charge in [-0.1, -0.05) is 11.6 Å². The van der Waals surface area contributed by atoms with Crippen molar-refractivity contribution < 1.29 is 18.3 Å². The lowest BCUT2D eigenvalue weighted by Crippen LogP contribution is -2.29. The topological polar surface area (TPSA) is 80.6 Å². The molecular weight excluding hydrogens is 328 g/mol. The Morgan fingerprint density at radius 2 is 2.14 bits per heavy atom. The van der Waals surface area contributed by atoms with Gasteiger partial charge in [0.1, 0.15) is 16.7 Å². The van der Waals surface area contributed by atoms with Gasteiger partial charge in [-0.3, -0.25) is 0 Å². The molecule has 0 bridgehead atoms. The van der Waals surface area contributed by atoms with Crippen LogP contribution in [0.25, 0.3) is 0 Å². The van der Waals surface area contributed by atoms with Crippen molar-refractivity contribution in [2.24, 2.45) is 7.05 Å². The molecule has 0 aliphatic carbocycles. The lowest BCUT2D eigenvalue weighted by molar-refractivity contribution is 0.173. The number of nitrogens with one attached hydrogen (secondary N) is 1. The number of ether oxygens (including phenoxy) is 1. The van der Waals surface area contributed by atoms with Crippen molar-refractivity contribution in [3.05, 3.63) is 47.2 Å². The fourth-order valence-electron chi connectivity index (χ4n) is 2.05. The van der Waals surface area contributed by atoms with E-state index < -0.39 is 16.1 Å². The number of sulfonamides is 1. The van der Waals surface area contributed by atoms with E-state index in [0.717, 1.165) is 0 Å². The first-order valence-corrected chi connectivity index (χ1v) is 8.34. The van der Waals surface area contributed by atoms with E-state index >= 15 is 0 Å². The lowest BCUT2D eigenvalue weighted by atomic mass is 10.2. The molecule has 2 aromatic rings. The summed E-state index contributed by atoms with van der Waals surface area (Å²) in [7, 11) is -0.706. The van der Waals surface area contributed by atoms with Gasteiger partial charge in [-0.2, -0.15) is 0 Å². The Labute approximate surface area is 134 Å². The maximum Gasteiger partial charge on any atom is 0.244 e. The minimum Gasteiger partial charge on any atom is -0.495 e. The predicted molar refractivity (Wildman–Crippen MR) is 83.6 cm³/mol. The van der Waals surface area contributed by atoms with E-state index in [4.69, 9.17) is 16.3 Å². The lowest BCUT2D eigenvalue weighted by Gasteiger charge is -2.15. The second kappa shape index (κ2) is 6.70. The van der Waals surface area contributed by atoms with Gasteiger partial charge in [0.15, 0.2) is 0 Å². The molecule has 120 valence electrons. The SMILES string of the molecule is COc1ccc(Cl)cc1S(=O)(=O)NC[C@@H](O)c1cccn1C. The van der Waals surface area contributed by atoms with Gasteiger partial charge in [0, 0.05) is 30.5 Å². The summed E-state index contributed by atoms with van der Waals surface area (Å²) >= 11 is 5.84. The van der Waals surface area contributed by atoms with Crippen molar-refractivity contribution in [2.45, 2.75) is 11.0 Å². The predicted octanol–water partition coefficient (Wildman–Crippen LogP) is 1.70.